The number of amides is 2. The van der Waals surface area contributed by atoms with E-state index in [9.17, 15) is 14.0 Å². The lowest BCUT2D eigenvalue weighted by molar-refractivity contribution is -0.134. The number of hydrogen-bond donors (Lipinski definition) is 3. The molecule has 126 valence electrons. The van der Waals surface area contributed by atoms with Crippen LogP contribution in [0.4, 0.5) is 4.39 Å². The van der Waals surface area contributed by atoms with Crippen molar-refractivity contribution >= 4 is 23.4 Å². The van der Waals surface area contributed by atoms with Crippen LogP contribution in [0.1, 0.15) is 12.0 Å². The van der Waals surface area contributed by atoms with E-state index in [1.54, 1.807) is 6.07 Å². The van der Waals surface area contributed by atoms with E-state index in [2.05, 4.69) is 10.6 Å². The standard InChI is InChI=1S/C15H19ClFN3O3/c16-11-2-1-10(7-12(11)17)9-20-5-3-19-15(23)13(20)8-14(22)18-4-6-21/h1-2,7,13,21H,3-6,8-9H2,(H,18,22)(H,19,23)/t13-/m0/s1. The Morgan fingerprint density at radius 3 is 3.00 bits per heavy atom. The number of nitrogens with one attached hydrogen (secondary N) is 2. The number of piperazine rings is 1. The number of carbonyl (C=O) groups is 2. The lowest BCUT2D eigenvalue weighted by Crippen LogP contribution is -2.56. The minimum atomic E-state index is -0.624. The summed E-state index contributed by atoms with van der Waals surface area (Å²) >= 11 is 5.67. The van der Waals surface area contributed by atoms with Gasteiger partial charge in [0, 0.05) is 26.2 Å². The van der Waals surface area contributed by atoms with Crippen LogP contribution in [0.3, 0.4) is 0 Å². The Kier molecular flexibility index (Phi) is 6.32. The zero-order valence-corrected chi connectivity index (χ0v) is 13.3. The second-order valence-electron chi connectivity index (χ2n) is 5.30. The fraction of sp³-hybridized carbons (Fsp3) is 0.467. The molecule has 1 aliphatic rings. The molecule has 0 bridgehead atoms. The van der Waals surface area contributed by atoms with Crippen molar-refractivity contribution < 1.29 is 19.1 Å². The Morgan fingerprint density at radius 1 is 1.52 bits per heavy atom. The van der Waals surface area contributed by atoms with Crippen molar-refractivity contribution in [3.05, 3.63) is 34.6 Å². The molecule has 2 rings (SSSR count). The molecule has 0 unspecified atom stereocenters. The van der Waals surface area contributed by atoms with Crippen LogP contribution in [0, 0.1) is 5.82 Å². The van der Waals surface area contributed by atoms with Gasteiger partial charge in [-0.2, -0.15) is 0 Å². The topological polar surface area (TPSA) is 81.7 Å². The number of benzene rings is 1. The van der Waals surface area contributed by atoms with Gasteiger partial charge >= 0.3 is 0 Å². The zero-order valence-electron chi connectivity index (χ0n) is 12.5. The molecule has 1 aromatic rings. The molecule has 6 nitrogen and oxygen atoms in total. The quantitative estimate of drug-likeness (QED) is 0.693. The molecule has 1 atom stereocenters. The molecule has 2 amide bonds. The number of rotatable bonds is 6. The van der Waals surface area contributed by atoms with Crippen molar-refractivity contribution in [2.24, 2.45) is 0 Å². The second-order valence-corrected chi connectivity index (χ2v) is 5.71. The first-order valence-electron chi connectivity index (χ1n) is 7.34. The smallest absolute Gasteiger partial charge is 0.237 e. The average molecular weight is 344 g/mol. The summed E-state index contributed by atoms with van der Waals surface area (Å²) in [5, 5.41) is 14.0. The van der Waals surface area contributed by atoms with Crippen LogP contribution < -0.4 is 10.6 Å². The van der Waals surface area contributed by atoms with Gasteiger partial charge in [0.25, 0.3) is 0 Å². The first-order chi connectivity index (χ1) is 11.0. The third kappa shape index (κ3) is 4.89. The molecule has 0 spiro atoms. The van der Waals surface area contributed by atoms with Gasteiger partial charge in [-0.3, -0.25) is 14.5 Å². The average Bonchev–Trinajstić information content (AvgIpc) is 2.52. The monoisotopic (exact) mass is 343 g/mol. The van der Waals surface area contributed by atoms with Crippen LogP contribution in [-0.4, -0.2) is 54.1 Å². The van der Waals surface area contributed by atoms with E-state index in [1.165, 1.54) is 12.1 Å². The molecule has 1 aliphatic heterocycles. The Morgan fingerprint density at radius 2 is 2.30 bits per heavy atom. The number of carbonyl (C=O) groups excluding carboxylic acids is 2. The van der Waals surface area contributed by atoms with E-state index >= 15 is 0 Å². The predicted octanol–water partition coefficient (Wildman–Crippen LogP) is 0.278. The lowest BCUT2D eigenvalue weighted by Gasteiger charge is -2.34. The summed E-state index contributed by atoms with van der Waals surface area (Å²) < 4.78 is 13.5. The molecule has 0 radical (unpaired) electrons. The van der Waals surface area contributed by atoms with Gasteiger partial charge in [0.1, 0.15) is 5.82 Å². The van der Waals surface area contributed by atoms with Gasteiger partial charge < -0.3 is 15.7 Å². The molecule has 8 heteroatoms. The number of halogens is 2. The number of aliphatic hydroxyl groups is 1. The largest absolute Gasteiger partial charge is 0.395 e. The predicted molar refractivity (Wildman–Crippen MR) is 83.3 cm³/mol. The third-order valence-electron chi connectivity index (χ3n) is 3.62. The van der Waals surface area contributed by atoms with Crippen molar-refractivity contribution in [3.63, 3.8) is 0 Å². The maximum Gasteiger partial charge on any atom is 0.237 e. The maximum absolute atomic E-state index is 13.5. The summed E-state index contributed by atoms with van der Waals surface area (Å²) in [6.45, 7) is 1.38. The van der Waals surface area contributed by atoms with Crippen LogP contribution in [0.25, 0.3) is 0 Å². The minimum Gasteiger partial charge on any atom is -0.395 e. The molecular weight excluding hydrogens is 325 g/mol. The molecule has 3 N–H and O–H groups in total. The van der Waals surface area contributed by atoms with Crippen LogP contribution in [0.2, 0.25) is 5.02 Å². The van der Waals surface area contributed by atoms with Gasteiger partial charge in [-0.25, -0.2) is 4.39 Å². The van der Waals surface area contributed by atoms with Gasteiger partial charge in [-0.05, 0) is 17.7 Å². The summed E-state index contributed by atoms with van der Waals surface area (Å²) in [5.41, 5.74) is 0.683. The summed E-state index contributed by atoms with van der Waals surface area (Å²) in [6.07, 6.45) is -0.0120. The molecule has 23 heavy (non-hydrogen) atoms. The van der Waals surface area contributed by atoms with Crippen molar-refractivity contribution in [1.82, 2.24) is 15.5 Å². The highest BCUT2D eigenvalue weighted by atomic mass is 35.5. The van der Waals surface area contributed by atoms with Crippen LogP contribution in [0.5, 0.6) is 0 Å². The normalized spacial score (nSPS) is 18.6. The molecule has 1 aromatic carbocycles. The Bertz CT molecular complexity index is 585. The summed E-state index contributed by atoms with van der Waals surface area (Å²) in [6, 6.07) is 3.87. The second kappa shape index (κ2) is 8.24. The number of hydrogen-bond acceptors (Lipinski definition) is 4. The highest BCUT2D eigenvalue weighted by Crippen LogP contribution is 2.19. The van der Waals surface area contributed by atoms with Crippen molar-refractivity contribution in [2.45, 2.75) is 19.0 Å². The van der Waals surface area contributed by atoms with Crippen molar-refractivity contribution in [2.75, 3.05) is 26.2 Å². The fourth-order valence-electron chi connectivity index (χ4n) is 2.49. The van der Waals surface area contributed by atoms with Gasteiger partial charge in [-0.15, -0.1) is 0 Å². The number of aliphatic hydroxyl groups excluding tert-OH is 1. The molecule has 1 saturated heterocycles. The van der Waals surface area contributed by atoms with Crippen molar-refractivity contribution in [1.29, 1.82) is 0 Å². The van der Waals surface area contributed by atoms with E-state index in [4.69, 9.17) is 16.7 Å². The van der Waals surface area contributed by atoms with Gasteiger partial charge in [0.15, 0.2) is 0 Å². The SMILES string of the molecule is O=C(C[C@H]1C(=O)NCCN1Cc1ccc(Cl)c(F)c1)NCCO. The lowest BCUT2D eigenvalue weighted by atomic mass is 10.1. The fourth-order valence-corrected chi connectivity index (χ4v) is 2.61. The van der Waals surface area contributed by atoms with Crippen LogP contribution in [-0.2, 0) is 16.1 Å². The molecule has 1 heterocycles. The first kappa shape index (κ1) is 17.7. The van der Waals surface area contributed by atoms with Crippen molar-refractivity contribution in [3.8, 4) is 0 Å². The summed E-state index contributed by atoms with van der Waals surface area (Å²) in [7, 11) is 0. The van der Waals surface area contributed by atoms with E-state index < -0.39 is 11.9 Å². The highest BCUT2D eigenvalue weighted by Gasteiger charge is 2.31. The summed E-state index contributed by atoms with van der Waals surface area (Å²) in [5.74, 6) is -1.05. The Labute approximate surface area is 138 Å². The number of nitrogens with zero attached hydrogens (tertiary/aromatic N) is 1. The van der Waals surface area contributed by atoms with Gasteiger partial charge in [0.2, 0.25) is 11.8 Å². The van der Waals surface area contributed by atoms with Crippen LogP contribution >= 0.6 is 11.6 Å². The van der Waals surface area contributed by atoms with Gasteiger partial charge in [-0.1, -0.05) is 17.7 Å². The van der Waals surface area contributed by atoms with E-state index in [0.29, 0.717) is 25.2 Å². The van der Waals surface area contributed by atoms with E-state index in [-0.39, 0.29) is 36.4 Å². The Balaban J connectivity index is 2.05. The molecule has 0 aliphatic carbocycles. The molecule has 1 fully saturated rings. The Hall–Kier alpha value is -1.70. The maximum atomic E-state index is 13.5. The highest BCUT2D eigenvalue weighted by molar-refractivity contribution is 6.30. The summed E-state index contributed by atoms with van der Waals surface area (Å²) in [4.78, 5) is 25.7. The molecule has 0 aromatic heterocycles. The first-order valence-corrected chi connectivity index (χ1v) is 7.72. The molecular formula is C15H19ClFN3O3. The van der Waals surface area contributed by atoms with E-state index in [0.717, 1.165) is 0 Å². The van der Waals surface area contributed by atoms with E-state index in [1.807, 2.05) is 4.90 Å². The minimum absolute atomic E-state index is 0.0120. The zero-order chi connectivity index (χ0) is 16.8. The molecule has 0 saturated carbocycles. The third-order valence-corrected chi connectivity index (χ3v) is 3.93. The van der Waals surface area contributed by atoms with Gasteiger partial charge in [0.05, 0.1) is 24.1 Å². The van der Waals surface area contributed by atoms with Crippen LogP contribution in [0.15, 0.2) is 18.2 Å².